The van der Waals surface area contributed by atoms with Crippen LogP contribution >= 0.6 is 0 Å². The third kappa shape index (κ3) is 3.03. The zero-order chi connectivity index (χ0) is 14.8. The number of morpholine rings is 1. The lowest BCUT2D eigenvalue weighted by Gasteiger charge is -2.32. The summed E-state index contributed by atoms with van der Waals surface area (Å²) in [4.78, 5) is 0.279. The van der Waals surface area contributed by atoms with Crippen molar-refractivity contribution in [3.8, 4) is 0 Å². The van der Waals surface area contributed by atoms with E-state index >= 15 is 0 Å². The number of benzene rings is 1. The predicted molar refractivity (Wildman–Crippen MR) is 75.9 cm³/mol. The number of aliphatic hydroxyl groups excluding tert-OH is 1. The van der Waals surface area contributed by atoms with Gasteiger partial charge in [0.1, 0.15) is 0 Å². The Kier molecular flexibility index (Phi) is 4.80. The van der Waals surface area contributed by atoms with Gasteiger partial charge in [0.25, 0.3) is 0 Å². The third-order valence-electron chi connectivity index (χ3n) is 3.61. The van der Waals surface area contributed by atoms with E-state index in [0.717, 1.165) is 6.42 Å². The Hall–Kier alpha value is -0.950. The minimum absolute atomic E-state index is 0.0418. The van der Waals surface area contributed by atoms with Gasteiger partial charge in [-0.25, -0.2) is 8.42 Å². The van der Waals surface area contributed by atoms with Crippen LogP contribution in [0.15, 0.2) is 23.1 Å². The Labute approximate surface area is 120 Å². The van der Waals surface area contributed by atoms with Crippen LogP contribution in [-0.2, 0) is 21.4 Å². The van der Waals surface area contributed by atoms with Gasteiger partial charge in [0.05, 0.1) is 24.2 Å². The number of rotatable bonds is 4. The van der Waals surface area contributed by atoms with Gasteiger partial charge in [-0.1, -0.05) is 19.1 Å². The van der Waals surface area contributed by atoms with Crippen molar-refractivity contribution < 1.29 is 18.3 Å². The summed E-state index contributed by atoms with van der Waals surface area (Å²) in [6, 6.07) is 5.03. The number of aryl methyl sites for hydroxylation is 1. The van der Waals surface area contributed by atoms with E-state index in [1.165, 1.54) is 4.31 Å². The van der Waals surface area contributed by atoms with Crippen LogP contribution in [0.2, 0.25) is 0 Å². The van der Waals surface area contributed by atoms with Crippen molar-refractivity contribution in [2.75, 3.05) is 19.7 Å². The Bertz CT molecular complexity index is 571. The van der Waals surface area contributed by atoms with Gasteiger partial charge in [0, 0.05) is 13.1 Å². The van der Waals surface area contributed by atoms with Gasteiger partial charge in [-0.05, 0) is 30.5 Å². The lowest BCUT2D eigenvalue weighted by molar-refractivity contribution is -0.00279. The van der Waals surface area contributed by atoms with Crippen LogP contribution in [0.4, 0.5) is 0 Å². The second kappa shape index (κ2) is 6.22. The molecule has 1 saturated heterocycles. The second-order valence-corrected chi connectivity index (χ2v) is 6.93. The molecule has 1 aromatic rings. The van der Waals surface area contributed by atoms with E-state index in [4.69, 9.17) is 4.74 Å². The van der Waals surface area contributed by atoms with E-state index in [0.29, 0.717) is 30.8 Å². The van der Waals surface area contributed by atoms with Crippen LogP contribution < -0.4 is 0 Å². The topological polar surface area (TPSA) is 66.8 Å². The fraction of sp³-hybridized carbons (Fsp3) is 0.571. The fourth-order valence-electron chi connectivity index (χ4n) is 2.32. The van der Waals surface area contributed by atoms with Gasteiger partial charge in [0.2, 0.25) is 10.0 Å². The molecule has 20 heavy (non-hydrogen) atoms. The van der Waals surface area contributed by atoms with E-state index in [-0.39, 0.29) is 17.6 Å². The molecule has 5 nitrogen and oxygen atoms in total. The molecule has 0 aromatic heterocycles. The van der Waals surface area contributed by atoms with E-state index < -0.39 is 10.0 Å². The monoisotopic (exact) mass is 299 g/mol. The molecule has 0 saturated carbocycles. The van der Waals surface area contributed by atoms with E-state index in [2.05, 4.69) is 0 Å². The molecule has 1 atom stereocenters. The first-order valence-electron chi connectivity index (χ1n) is 6.81. The summed E-state index contributed by atoms with van der Waals surface area (Å²) in [5, 5.41) is 9.18. The number of ether oxygens (including phenoxy) is 1. The number of hydrogen-bond acceptors (Lipinski definition) is 4. The molecule has 1 fully saturated rings. The highest BCUT2D eigenvalue weighted by molar-refractivity contribution is 7.89. The first kappa shape index (κ1) is 15.4. The quantitative estimate of drug-likeness (QED) is 0.909. The molecule has 1 N–H and O–H groups in total. The van der Waals surface area contributed by atoms with Crippen LogP contribution in [-0.4, -0.2) is 43.6 Å². The van der Waals surface area contributed by atoms with E-state index in [9.17, 15) is 13.5 Å². The van der Waals surface area contributed by atoms with Gasteiger partial charge >= 0.3 is 0 Å². The summed E-state index contributed by atoms with van der Waals surface area (Å²) in [5.41, 5.74) is 1.30. The highest BCUT2D eigenvalue weighted by atomic mass is 32.2. The molecule has 0 amide bonds. The van der Waals surface area contributed by atoms with Gasteiger partial charge < -0.3 is 9.84 Å². The SMILES string of the molecule is CCC1CN(S(=O)(=O)c2cc(CO)ccc2C)CCO1. The summed E-state index contributed by atoms with van der Waals surface area (Å²) in [6.07, 6.45) is 0.752. The zero-order valence-corrected chi connectivity index (χ0v) is 12.7. The summed E-state index contributed by atoms with van der Waals surface area (Å²) in [5.74, 6) is 0. The van der Waals surface area contributed by atoms with Crippen molar-refractivity contribution in [3.05, 3.63) is 29.3 Å². The van der Waals surface area contributed by atoms with E-state index in [1.807, 2.05) is 6.92 Å². The van der Waals surface area contributed by atoms with Crippen LogP contribution in [0.3, 0.4) is 0 Å². The van der Waals surface area contributed by atoms with Crippen molar-refractivity contribution in [2.24, 2.45) is 0 Å². The second-order valence-electron chi connectivity index (χ2n) is 5.02. The van der Waals surface area contributed by atoms with Gasteiger partial charge in [-0.3, -0.25) is 0 Å². The maximum Gasteiger partial charge on any atom is 0.243 e. The highest BCUT2D eigenvalue weighted by Gasteiger charge is 2.31. The molecule has 2 rings (SSSR count). The molecule has 0 bridgehead atoms. The molecule has 112 valence electrons. The molecule has 1 aliphatic heterocycles. The first-order valence-corrected chi connectivity index (χ1v) is 8.25. The Morgan fingerprint density at radius 1 is 1.45 bits per heavy atom. The summed E-state index contributed by atoms with van der Waals surface area (Å²) in [7, 11) is -3.53. The fourth-order valence-corrected chi connectivity index (χ4v) is 4.05. The highest BCUT2D eigenvalue weighted by Crippen LogP contribution is 2.23. The smallest absolute Gasteiger partial charge is 0.243 e. The maximum absolute atomic E-state index is 12.7. The van der Waals surface area contributed by atoms with E-state index in [1.54, 1.807) is 25.1 Å². The lowest BCUT2D eigenvalue weighted by atomic mass is 10.2. The Morgan fingerprint density at radius 2 is 2.20 bits per heavy atom. The molecule has 1 unspecified atom stereocenters. The largest absolute Gasteiger partial charge is 0.392 e. The number of hydrogen-bond donors (Lipinski definition) is 1. The molecule has 0 spiro atoms. The van der Waals surface area contributed by atoms with Crippen LogP contribution in [0.1, 0.15) is 24.5 Å². The summed E-state index contributed by atoms with van der Waals surface area (Å²) < 4.78 is 32.5. The van der Waals surface area contributed by atoms with Gasteiger partial charge in [-0.15, -0.1) is 0 Å². The maximum atomic E-state index is 12.7. The first-order chi connectivity index (χ1) is 9.48. The average Bonchev–Trinajstić information content (AvgIpc) is 2.47. The normalized spacial score (nSPS) is 21.1. The molecule has 1 aliphatic rings. The predicted octanol–water partition coefficient (Wildman–Crippen LogP) is 1.29. The van der Waals surface area contributed by atoms with Gasteiger partial charge in [-0.2, -0.15) is 4.31 Å². The third-order valence-corrected chi connectivity index (χ3v) is 5.62. The van der Waals surface area contributed by atoms with Crippen molar-refractivity contribution in [1.29, 1.82) is 0 Å². The Balaban J connectivity index is 2.34. The van der Waals surface area contributed by atoms with Crippen molar-refractivity contribution in [3.63, 3.8) is 0 Å². The van der Waals surface area contributed by atoms with Crippen LogP contribution in [0.5, 0.6) is 0 Å². The standard InChI is InChI=1S/C14H21NO4S/c1-3-13-9-15(6-7-19-13)20(17,18)14-8-12(10-16)5-4-11(14)2/h4-5,8,13,16H,3,6-7,9-10H2,1-2H3. The number of nitrogens with zero attached hydrogens (tertiary/aromatic N) is 1. The molecular formula is C14H21NO4S. The van der Waals surface area contributed by atoms with Crippen molar-refractivity contribution in [2.45, 2.75) is 37.9 Å². The average molecular weight is 299 g/mol. The minimum atomic E-state index is -3.53. The molecule has 1 aromatic carbocycles. The Morgan fingerprint density at radius 3 is 2.85 bits per heavy atom. The molecule has 0 radical (unpaired) electrons. The molecule has 1 heterocycles. The van der Waals surface area contributed by atoms with Crippen LogP contribution in [0.25, 0.3) is 0 Å². The number of aliphatic hydroxyl groups is 1. The van der Waals surface area contributed by atoms with Crippen molar-refractivity contribution >= 4 is 10.0 Å². The number of sulfonamides is 1. The summed E-state index contributed by atoms with van der Waals surface area (Å²) in [6.45, 7) is 4.79. The zero-order valence-electron chi connectivity index (χ0n) is 11.9. The molecule has 0 aliphatic carbocycles. The van der Waals surface area contributed by atoms with Crippen molar-refractivity contribution in [1.82, 2.24) is 4.31 Å². The molecule has 6 heteroatoms. The summed E-state index contributed by atoms with van der Waals surface area (Å²) >= 11 is 0. The molecular weight excluding hydrogens is 278 g/mol. The lowest BCUT2D eigenvalue weighted by Crippen LogP contribution is -2.45. The van der Waals surface area contributed by atoms with Crippen LogP contribution in [0, 0.1) is 6.92 Å². The van der Waals surface area contributed by atoms with Gasteiger partial charge in [0.15, 0.2) is 0 Å². The minimum Gasteiger partial charge on any atom is -0.392 e.